The largest absolute Gasteiger partial charge is 0.339 e. The van der Waals surface area contributed by atoms with Crippen molar-refractivity contribution >= 4 is 0 Å². The van der Waals surface area contributed by atoms with Gasteiger partial charge in [-0.15, -0.1) is 0 Å². The lowest BCUT2D eigenvalue weighted by atomic mass is 9.89. The summed E-state index contributed by atoms with van der Waals surface area (Å²) in [6, 6.07) is 0.327. The van der Waals surface area contributed by atoms with E-state index in [0.717, 1.165) is 18.1 Å². The van der Waals surface area contributed by atoms with Crippen molar-refractivity contribution in [1.82, 2.24) is 15.5 Å². The number of hydrogen-bond donors (Lipinski definition) is 1. The van der Waals surface area contributed by atoms with Crippen LogP contribution in [0.25, 0.3) is 0 Å². The molecule has 0 aliphatic rings. The lowest BCUT2D eigenvalue weighted by Gasteiger charge is -2.23. The zero-order valence-electron chi connectivity index (χ0n) is 12.7. The summed E-state index contributed by atoms with van der Waals surface area (Å²) in [5.74, 6) is 2.30. The zero-order chi connectivity index (χ0) is 13.9. The molecule has 0 fully saturated rings. The van der Waals surface area contributed by atoms with Crippen LogP contribution >= 0.6 is 0 Å². The minimum Gasteiger partial charge on any atom is -0.339 e. The maximum Gasteiger partial charge on any atom is 0.231 e. The first-order valence-electron chi connectivity index (χ1n) is 6.74. The SMILES string of the molecule is CNC(C)C(c1nc(CC(C)(C)C)no1)C(C)C. The van der Waals surface area contributed by atoms with Gasteiger partial charge >= 0.3 is 0 Å². The topological polar surface area (TPSA) is 51.0 Å². The van der Waals surface area contributed by atoms with E-state index in [9.17, 15) is 0 Å². The molecule has 0 aliphatic heterocycles. The second-order valence-corrected chi connectivity index (χ2v) is 6.63. The Morgan fingerprint density at radius 1 is 1.22 bits per heavy atom. The highest BCUT2D eigenvalue weighted by atomic mass is 16.5. The van der Waals surface area contributed by atoms with E-state index in [1.165, 1.54) is 0 Å². The van der Waals surface area contributed by atoms with Gasteiger partial charge in [0.25, 0.3) is 0 Å². The van der Waals surface area contributed by atoms with Gasteiger partial charge in [-0.1, -0.05) is 39.8 Å². The molecule has 4 heteroatoms. The molecule has 2 atom stereocenters. The van der Waals surface area contributed by atoms with Crippen molar-refractivity contribution in [2.24, 2.45) is 11.3 Å². The second kappa shape index (κ2) is 5.83. The summed E-state index contributed by atoms with van der Waals surface area (Å²) in [7, 11) is 1.96. The maximum absolute atomic E-state index is 5.46. The molecule has 18 heavy (non-hydrogen) atoms. The summed E-state index contributed by atoms with van der Waals surface area (Å²) >= 11 is 0. The van der Waals surface area contributed by atoms with Crippen molar-refractivity contribution in [3.8, 4) is 0 Å². The molecule has 1 aromatic heterocycles. The van der Waals surface area contributed by atoms with Crippen molar-refractivity contribution in [3.63, 3.8) is 0 Å². The Hall–Kier alpha value is -0.900. The molecule has 1 rings (SSSR count). The Morgan fingerprint density at radius 2 is 1.83 bits per heavy atom. The van der Waals surface area contributed by atoms with Crippen molar-refractivity contribution < 1.29 is 4.52 Å². The van der Waals surface area contributed by atoms with E-state index in [1.807, 2.05) is 7.05 Å². The van der Waals surface area contributed by atoms with Gasteiger partial charge in [-0.25, -0.2) is 0 Å². The molecule has 4 nitrogen and oxygen atoms in total. The molecular formula is C14H27N3O. The summed E-state index contributed by atoms with van der Waals surface area (Å²) in [4.78, 5) is 4.57. The monoisotopic (exact) mass is 253 g/mol. The van der Waals surface area contributed by atoms with Gasteiger partial charge in [0.1, 0.15) is 0 Å². The molecule has 1 heterocycles. The van der Waals surface area contributed by atoms with Crippen LogP contribution in [0.15, 0.2) is 4.52 Å². The van der Waals surface area contributed by atoms with Gasteiger partial charge < -0.3 is 9.84 Å². The van der Waals surface area contributed by atoms with E-state index >= 15 is 0 Å². The third-order valence-corrected chi connectivity index (χ3v) is 3.17. The van der Waals surface area contributed by atoms with Gasteiger partial charge in [-0.2, -0.15) is 4.98 Å². The maximum atomic E-state index is 5.46. The van der Waals surface area contributed by atoms with Crippen LogP contribution in [0.4, 0.5) is 0 Å². The lowest BCUT2D eigenvalue weighted by molar-refractivity contribution is 0.283. The van der Waals surface area contributed by atoms with Gasteiger partial charge in [-0.3, -0.25) is 0 Å². The van der Waals surface area contributed by atoms with Gasteiger partial charge in [0.2, 0.25) is 5.89 Å². The molecule has 0 bridgehead atoms. The highest BCUT2D eigenvalue weighted by Crippen LogP contribution is 2.27. The first kappa shape index (κ1) is 15.2. The minimum absolute atomic E-state index is 0.184. The Kier molecular flexibility index (Phi) is 4.91. The molecule has 1 N–H and O–H groups in total. The van der Waals surface area contributed by atoms with Gasteiger partial charge in [-0.05, 0) is 25.3 Å². The van der Waals surface area contributed by atoms with E-state index in [-0.39, 0.29) is 11.3 Å². The first-order valence-corrected chi connectivity index (χ1v) is 6.74. The summed E-state index contributed by atoms with van der Waals surface area (Å²) in [6.45, 7) is 13.1. The van der Waals surface area contributed by atoms with E-state index in [1.54, 1.807) is 0 Å². The summed E-state index contributed by atoms with van der Waals surface area (Å²) in [5, 5.41) is 7.38. The van der Waals surface area contributed by atoms with Crippen molar-refractivity contribution in [2.45, 2.75) is 59.9 Å². The fourth-order valence-corrected chi connectivity index (χ4v) is 2.20. The van der Waals surface area contributed by atoms with Crippen LogP contribution < -0.4 is 5.32 Å². The van der Waals surface area contributed by atoms with Crippen LogP contribution in [0, 0.1) is 11.3 Å². The average Bonchev–Trinajstić information content (AvgIpc) is 2.62. The fourth-order valence-electron chi connectivity index (χ4n) is 2.20. The van der Waals surface area contributed by atoms with Crippen molar-refractivity contribution in [3.05, 3.63) is 11.7 Å². The zero-order valence-corrected chi connectivity index (χ0v) is 12.7. The third-order valence-electron chi connectivity index (χ3n) is 3.17. The lowest BCUT2D eigenvalue weighted by Crippen LogP contribution is -2.32. The van der Waals surface area contributed by atoms with Crippen LogP contribution in [0.5, 0.6) is 0 Å². The summed E-state index contributed by atoms with van der Waals surface area (Å²) in [6.07, 6.45) is 0.843. The molecule has 0 radical (unpaired) electrons. The fraction of sp³-hybridized carbons (Fsp3) is 0.857. The third kappa shape index (κ3) is 4.09. The Morgan fingerprint density at radius 3 is 2.28 bits per heavy atom. The Labute approximate surface area is 111 Å². The molecule has 0 aliphatic carbocycles. The van der Waals surface area contributed by atoms with E-state index in [0.29, 0.717) is 12.0 Å². The predicted octanol–water partition coefficient (Wildman–Crippen LogP) is 3.01. The van der Waals surface area contributed by atoms with Gasteiger partial charge in [0.05, 0.1) is 5.92 Å². The first-order chi connectivity index (χ1) is 8.24. The second-order valence-electron chi connectivity index (χ2n) is 6.63. The average molecular weight is 253 g/mol. The van der Waals surface area contributed by atoms with E-state index in [4.69, 9.17) is 4.52 Å². The number of aromatic nitrogens is 2. The molecule has 2 unspecified atom stereocenters. The molecule has 1 aromatic rings. The minimum atomic E-state index is 0.184. The quantitative estimate of drug-likeness (QED) is 0.876. The molecule has 0 aromatic carbocycles. The smallest absolute Gasteiger partial charge is 0.231 e. The van der Waals surface area contributed by atoms with Crippen LogP contribution in [0.1, 0.15) is 59.2 Å². The standard InChI is InChI=1S/C14H27N3O/c1-9(2)12(10(3)15-7)13-16-11(17-18-13)8-14(4,5)6/h9-10,12,15H,8H2,1-7H3. The molecule has 0 spiro atoms. The molecule has 0 amide bonds. The van der Waals surface area contributed by atoms with Crippen LogP contribution in [0.2, 0.25) is 0 Å². The van der Waals surface area contributed by atoms with E-state index < -0.39 is 0 Å². The number of nitrogens with zero attached hydrogens (tertiary/aromatic N) is 2. The number of likely N-dealkylation sites (N-methyl/N-ethyl adjacent to an activating group) is 1. The summed E-state index contributed by atoms with van der Waals surface area (Å²) < 4.78 is 5.46. The molecule has 0 saturated carbocycles. The van der Waals surface area contributed by atoms with E-state index in [2.05, 4.69) is 57.0 Å². The van der Waals surface area contributed by atoms with Crippen molar-refractivity contribution in [2.75, 3.05) is 7.05 Å². The molecule has 104 valence electrons. The number of hydrogen-bond acceptors (Lipinski definition) is 4. The Bertz CT molecular complexity index is 365. The van der Waals surface area contributed by atoms with Gasteiger partial charge in [0.15, 0.2) is 5.82 Å². The van der Waals surface area contributed by atoms with Crippen molar-refractivity contribution in [1.29, 1.82) is 0 Å². The normalized spacial score (nSPS) is 16.0. The Balaban J connectivity index is 2.88. The number of nitrogens with one attached hydrogen (secondary N) is 1. The molecular weight excluding hydrogens is 226 g/mol. The van der Waals surface area contributed by atoms with Crippen LogP contribution in [0.3, 0.4) is 0 Å². The predicted molar refractivity (Wildman–Crippen MR) is 73.6 cm³/mol. The highest BCUT2D eigenvalue weighted by Gasteiger charge is 2.28. The van der Waals surface area contributed by atoms with Crippen LogP contribution in [-0.2, 0) is 6.42 Å². The molecule has 0 saturated heterocycles. The highest BCUT2D eigenvalue weighted by molar-refractivity contribution is 5.00. The van der Waals surface area contributed by atoms with Gasteiger partial charge in [0, 0.05) is 12.5 Å². The number of rotatable bonds is 5. The van der Waals surface area contributed by atoms with Crippen LogP contribution in [-0.4, -0.2) is 23.2 Å². The summed E-state index contributed by atoms with van der Waals surface area (Å²) in [5.41, 5.74) is 0.184.